The zero-order valence-electron chi connectivity index (χ0n) is 14.0. The Balaban J connectivity index is 1.46. The molecule has 0 unspecified atom stereocenters. The Morgan fingerprint density at radius 3 is 2.29 bits per heavy atom. The maximum Gasteiger partial charge on any atom is 0.262 e. The maximum absolute atomic E-state index is 12.0. The van der Waals surface area contributed by atoms with Gasteiger partial charge >= 0.3 is 0 Å². The number of ether oxygens (including phenoxy) is 1. The normalized spacial score (nSPS) is 14.4. The van der Waals surface area contributed by atoms with Crippen molar-refractivity contribution in [1.29, 1.82) is 0 Å². The molecule has 0 bridgehead atoms. The van der Waals surface area contributed by atoms with Crippen LogP contribution in [-0.2, 0) is 4.79 Å². The summed E-state index contributed by atoms with van der Waals surface area (Å²) in [4.78, 5) is 12.0. The smallest absolute Gasteiger partial charge is 0.262 e. The van der Waals surface area contributed by atoms with Crippen LogP contribution in [0, 0.1) is 6.92 Å². The van der Waals surface area contributed by atoms with Crippen molar-refractivity contribution >= 4 is 17.3 Å². The van der Waals surface area contributed by atoms with E-state index in [4.69, 9.17) is 4.74 Å². The van der Waals surface area contributed by atoms with Gasteiger partial charge in [-0.2, -0.15) is 0 Å². The van der Waals surface area contributed by atoms with Gasteiger partial charge in [0, 0.05) is 17.4 Å². The molecule has 2 N–H and O–H groups in total. The van der Waals surface area contributed by atoms with Crippen molar-refractivity contribution in [2.75, 3.05) is 17.2 Å². The lowest BCUT2D eigenvalue weighted by atomic mass is 10.2. The molecule has 4 heteroatoms. The number of anilines is 2. The van der Waals surface area contributed by atoms with Crippen LogP contribution in [0.2, 0.25) is 0 Å². The Bertz CT molecular complexity index is 659. The number of hydrogen-bond acceptors (Lipinski definition) is 3. The van der Waals surface area contributed by atoms with E-state index in [1.165, 1.54) is 25.7 Å². The first kappa shape index (κ1) is 16.4. The van der Waals surface area contributed by atoms with Crippen LogP contribution < -0.4 is 15.4 Å². The molecule has 0 aromatic heterocycles. The molecule has 0 saturated heterocycles. The van der Waals surface area contributed by atoms with Gasteiger partial charge in [0.15, 0.2) is 6.61 Å². The minimum Gasteiger partial charge on any atom is -0.484 e. The topological polar surface area (TPSA) is 50.4 Å². The Labute approximate surface area is 143 Å². The van der Waals surface area contributed by atoms with Gasteiger partial charge in [-0.1, -0.05) is 30.5 Å². The molecule has 0 aliphatic heterocycles. The quantitative estimate of drug-likeness (QED) is 0.829. The molecule has 1 amide bonds. The van der Waals surface area contributed by atoms with Gasteiger partial charge in [-0.25, -0.2) is 0 Å². The summed E-state index contributed by atoms with van der Waals surface area (Å²) >= 11 is 0. The molecule has 1 fully saturated rings. The van der Waals surface area contributed by atoms with Crippen molar-refractivity contribution in [3.05, 3.63) is 54.1 Å². The first-order valence-electron chi connectivity index (χ1n) is 8.55. The van der Waals surface area contributed by atoms with E-state index >= 15 is 0 Å². The SMILES string of the molecule is Cc1ccc(OCC(=O)Nc2ccc(NC3CCCC3)cc2)cc1. The van der Waals surface area contributed by atoms with E-state index in [1.54, 1.807) is 0 Å². The van der Waals surface area contributed by atoms with Gasteiger partial charge in [-0.15, -0.1) is 0 Å². The van der Waals surface area contributed by atoms with E-state index in [2.05, 4.69) is 10.6 Å². The Hall–Kier alpha value is -2.49. The molecule has 1 aliphatic rings. The van der Waals surface area contributed by atoms with E-state index in [9.17, 15) is 4.79 Å². The molecule has 1 saturated carbocycles. The predicted octanol–water partition coefficient (Wildman–Crippen LogP) is 4.37. The molecule has 0 heterocycles. The van der Waals surface area contributed by atoms with Crippen LogP contribution in [0.25, 0.3) is 0 Å². The summed E-state index contributed by atoms with van der Waals surface area (Å²) in [5.74, 6) is 0.541. The average molecular weight is 324 g/mol. The second-order valence-corrected chi connectivity index (χ2v) is 6.35. The van der Waals surface area contributed by atoms with Crippen LogP contribution in [0.3, 0.4) is 0 Å². The molecular weight excluding hydrogens is 300 g/mol. The molecule has 1 aliphatic carbocycles. The Kier molecular flexibility index (Phi) is 5.36. The highest BCUT2D eigenvalue weighted by Crippen LogP contribution is 2.23. The molecule has 2 aromatic rings. The van der Waals surface area contributed by atoms with Gasteiger partial charge in [0.05, 0.1) is 0 Å². The van der Waals surface area contributed by atoms with Crippen molar-refractivity contribution in [1.82, 2.24) is 0 Å². The van der Waals surface area contributed by atoms with Crippen molar-refractivity contribution in [2.45, 2.75) is 38.6 Å². The third-order valence-electron chi connectivity index (χ3n) is 4.29. The van der Waals surface area contributed by atoms with Crippen molar-refractivity contribution in [3.8, 4) is 5.75 Å². The zero-order valence-corrected chi connectivity index (χ0v) is 14.0. The lowest BCUT2D eigenvalue weighted by molar-refractivity contribution is -0.118. The molecule has 2 aromatic carbocycles. The summed E-state index contributed by atoms with van der Waals surface area (Å²) in [5.41, 5.74) is 3.05. The van der Waals surface area contributed by atoms with Gasteiger partial charge in [-0.3, -0.25) is 4.79 Å². The fourth-order valence-electron chi connectivity index (χ4n) is 2.94. The summed E-state index contributed by atoms with van der Waals surface area (Å²) in [6.07, 6.45) is 5.11. The lowest BCUT2D eigenvalue weighted by Crippen LogP contribution is -2.20. The minimum atomic E-state index is -0.160. The highest BCUT2D eigenvalue weighted by molar-refractivity contribution is 5.92. The van der Waals surface area contributed by atoms with E-state index in [-0.39, 0.29) is 12.5 Å². The zero-order chi connectivity index (χ0) is 16.8. The molecular formula is C20H24N2O2. The summed E-state index contributed by atoms with van der Waals surface area (Å²) < 4.78 is 5.48. The number of benzene rings is 2. The fourth-order valence-corrected chi connectivity index (χ4v) is 2.94. The van der Waals surface area contributed by atoms with E-state index in [0.29, 0.717) is 11.8 Å². The number of hydrogen-bond donors (Lipinski definition) is 2. The van der Waals surface area contributed by atoms with Gasteiger partial charge in [0.25, 0.3) is 5.91 Å². The van der Waals surface area contributed by atoms with Crippen LogP contribution in [0.15, 0.2) is 48.5 Å². The van der Waals surface area contributed by atoms with Crippen molar-refractivity contribution < 1.29 is 9.53 Å². The van der Waals surface area contributed by atoms with Crippen LogP contribution >= 0.6 is 0 Å². The molecule has 0 atom stereocenters. The third-order valence-corrected chi connectivity index (χ3v) is 4.29. The van der Waals surface area contributed by atoms with Crippen molar-refractivity contribution in [3.63, 3.8) is 0 Å². The monoisotopic (exact) mass is 324 g/mol. The summed E-state index contributed by atoms with van der Waals surface area (Å²) in [6, 6.07) is 16.1. The standard InChI is InChI=1S/C20H24N2O2/c1-15-6-12-19(13-7-15)24-14-20(23)22-18-10-8-17(9-11-18)21-16-4-2-3-5-16/h6-13,16,21H,2-5,14H2,1H3,(H,22,23). The third kappa shape index (κ3) is 4.75. The first-order valence-corrected chi connectivity index (χ1v) is 8.55. The Morgan fingerprint density at radius 2 is 1.62 bits per heavy atom. The van der Waals surface area contributed by atoms with Gasteiger partial charge in [0.2, 0.25) is 0 Å². The number of aryl methyl sites for hydroxylation is 1. The van der Waals surface area contributed by atoms with E-state index < -0.39 is 0 Å². The van der Waals surface area contributed by atoms with Crippen LogP contribution in [0.5, 0.6) is 5.75 Å². The average Bonchev–Trinajstić information content (AvgIpc) is 3.09. The van der Waals surface area contributed by atoms with Gasteiger partial charge < -0.3 is 15.4 Å². The largest absolute Gasteiger partial charge is 0.484 e. The van der Waals surface area contributed by atoms with Crippen LogP contribution in [0.4, 0.5) is 11.4 Å². The summed E-state index contributed by atoms with van der Waals surface area (Å²) in [7, 11) is 0. The molecule has 0 radical (unpaired) electrons. The summed E-state index contributed by atoms with van der Waals surface area (Å²) in [6.45, 7) is 2.02. The fraction of sp³-hybridized carbons (Fsp3) is 0.350. The van der Waals surface area contributed by atoms with Crippen molar-refractivity contribution in [2.24, 2.45) is 0 Å². The number of rotatable bonds is 6. The van der Waals surface area contributed by atoms with E-state index in [1.807, 2.05) is 55.5 Å². The second kappa shape index (κ2) is 7.86. The van der Waals surface area contributed by atoms with Gasteiger partial charge in [0.1, 0.15) is 5.75 Å². The number of carbonyl (C=O) groups excluding carboxylic acids is 1. The first-order chi connectivity index (χ1) is 11.7. The predicted molar refractivity (Wildman–Crippen MR) is 97.6 cm³/mol. The lowest BCUT2D eigenvalue weighted by Gasteiger charge is -2.14. The number of nitrogens with one attached hydrogen (secondary N) is 2. The van der Waals surface area contributed by atoms with E-state index in [0.717, 1.165) is 16.9 Å². The minimum absolute atomic E-state index is 0.00510. The van der Waals surface area contributed by atoms with Crippen LogP contribution in [0.1, 0.15) is 31.2 Å². The Morgan fingerprint density at radius 1 is 1.00 bits per heavy atom. The second-order valence-electron chi connectivity index (χ2n) is 6.35. The molecule has 4 nitrogen and oxygen atoms in total. The number of amides is 1. The summed E-state index contributed by atoms with van der Waals surface area (Å²) in [5, 5.41) is 6.39. The molecule has 24 heavy (non-hydrogen) atoms. The number of carbonyl (C=O) groups is 1. The highest BCUT2D eigenvalue weighted by Gasteiger charge is 2.14. The molecule has 126 valence electrons. The van der Waals surface area contributed by atoms with Gasteiger partial charge in [-0.05, 0) is 56.2 Å². The molecule has 0 spiro atoms. The van der Waals surface area contributed by atoms with Crippen LogP contribution in [-0.4, -0.2) is 18.6 Å². The maximum atomic E-state index is 12.0. The molecule has 3 rings (SSSR count). The highest BCUT2D eigenvalue weighted by atomic mass is 16.5.